The van der Waals surface area contributed by atoms with Gasteiger partial charge in [0.1, 0.15) is 0 Å². The number of hydrogen-bond donors (Lipinski definition) is 1. The van der Waals surface area contributed by atoms with Crippen molar-refractivity contribution >= 4 is 5.69 Å². The first-order chi connectivity index (χ1) is 8.34. The largest absolute Gasteiger partial charge is 0.369 e. The quantitative estimate of drug-likeness (QED) is 0.780. The lowest BCUT2D eigenvalue weighted by atomic mass is 9.97. The Labute approximate surface area is 103 Å². The van der Waals surface area contributed by atoms with Crippen LogP contribution in [-0.2, 0) is 13.0 Å². The molecule has 0 spiro atoms. The Morgan fingerprint density at radius 1 is 1.12 bits per heavy atom. The number of nitrogens with zero attached hydrogens (tertiary/aromatic N) is 2. The van der Waals surface area contributed by atoms with E-state index in [-0.39, 0.29) is 0 Å². The van der Waals surface area contributed by atoms with Gasteiger partial charge in [-0.25, -0.2) is 0 Å². The summed E-state index contributed by atoms with van der Waals surface area (Å²) in [6.07, 6.45) is 1.20. The van der Waals surface area contributed by atoms with Gasteiger partial charge in [0, 0.05) is 45.0 Å². The number of hydrogen-bond acceptors (Lipinski definition) is 3. The highest BCUT2D eigenvalue weighted by molar-refractivity contribution is 5.58. The van der Waals surface area contributed by atoms with E-state index in [9.17, 15) is 0 Å². The molecule has 3 heteroatoms. The fraction of sp³-hybridized carbons (Fsp3) is 0.571. The smallest absolute Gasteiger partial charge is 0.0403 e. The second-order valence-electron chi connectivity index (χ2n) is 5.14. The molecule has 3 rings (SSSR count). The third-order valence-electron chi connectivity index (χ3n) is 3.89. The van der Waals surface area contributed by atoms with Crippen LogP contribution in [-0.4, -0.2) is 44.7 Å². The van der Waals surface area contributed by atoms with Crippen molar-refractivity contribution in [2.45, 2.75) is 13.0 Å². The first kappa shape index (κ1) is 11.1. The summed E-state index contributed by atoms with van der Waals surface area (Å²) in [5, 5.41) is 3.42. The fourth-order valence-electron chi connectivity index (χ4n) is 2.93. The van der Waals surface area contributed by atoms with Crippen molar-refractivity contribution in [3.63, 3.8) is 0 Å². The van der Waals surface area contributed by atoms with Gasteiger partial charge in [0.2, 0.25) is 0 Å². The average molecular weight is 231 g/mol. The van der Waals surface area contributed by atoms with Crippen LogP contribution in [0.3, 0.4) is 0 Å². The molecule has 0 atom stereocenters. The molecule has 2 aliphatic rings. The Hall–Kier alpha value is -1.06. The topological polar surface area (TPSA) is 18.5 Å². The van der Waals surface area contributed by atoms with Gasteiger partial charge < -0.3 is 15.1 Å². The minimum absolute atomic E-state index is 1.11. The lowest BCUT2D eigenvalue weighted by molar-refractivity contribution is 0.313. The Morgan fingerprint density at radius 2 is 1.94 bits per heavy atom. The number of likely N-dealkylation sites (N-methyl/N-ethyl adjacent to an activating group) is 1. The van der Waals surface area contributed by atoms with E-state index >= 15 is 0 Å². The van der Waals surface area contributed by atoms with Crippen molar-refractivity contribution in [1.82, 2.24) is 10.2 Å². The summed E-state index contributed by atoms with van der Waals surface area (Å²) in [5.74, 6) is 0. The maximum atomic E-state index is 3.42. The summed E-state index contributed by atoms with van der Waals surface area (Å²) in [6.45, 7) is 6.82. The average Bonchev–Trinajstić information content (AvgIpc) is 2.39. The predicted molar refractivity (Wildman–Crippen MR) is 71.6 cm³/mol. The second kappa shape index (κ2) is 4.67. The molecule has 0 amide bonds. The van der Waals surface area contributed by atoms with E-state index < -0.39 is 0 Å². The Kier molecular flexibility index (Phi) is 3.04. The molecular formula is C14H21N3. The molecule has 1 aromatic rings. The number of piperazine rings is 1. The van der Waals surface area contributed by atoms with Crippen LogP contribution in [0.5, 0.6) is 0 Å². The van der Waals surface area contributed by atoms with Crippen molar-refractivity contribution in [2.24, 2.45) is 0 Å². The Balaban J connectivity index is 1.91. The van der Waals surface area contributed by atoms with Crippen LogP contribution in [0.2, 0.25) is 0 Å². The number of rotatable bonds is 1. The van der Waals surface area contributed by atoms with E-state index in [0.717, 1.165) is 32.7 Å². The zero-order valence-corrected chi connectivity index (χ0v) is 10.6. The minimum atomic E-state index is 1.11. The summed E-state index contributed by atoms with van der Waals surface area (Å²) < 4.78 is 0. The summed E-state index contributed by atoms with van der Waals surface area (Å²) in [6, 6.07) is 6.81. The van der Waals surface area contributed by atoms with Crippen LogP contribution in [0.1, 0.15) is 11.1 Å². The van der Waals surface area contributed by atoms with Crippen molar-refractivity contribution in [3.8, 4) is 0 Å². The number of fused-ring (bicyclic) bond motifs is 1. The normalized spacial score (nSPS) is 21.4. The number of anilines is 1. The Morgan fingerprint density at radius 3 is 2.76 bits per heavy atom. The van der Waals surface area contributed by atoms with Gasteiger partial charge in [0.25, 0.3) is 0 Å². The van der Waals surface area contributed by atoms with Crippen LogP contribution >= 0.6 is 0 Å². The summed E-state index contributed by atoms with van der Waals surface area (Å²) in [4.78, 5) is 4.95. The summed E-state index contributed by atoms with van der Waals surface area (Å²) >= 11 is 0. The zero-order valence-electron chi connectivity index (χ0n) is 10.6. The molecule has 1 saturated heterocycles. The summed E-state index contributed by atoms with van der Waals surface area (Å²) in [5.41, 5.74) is 4.60. The maximum absolute atomic E-state index is 3.42. The van der Waals surface area contributed by atoms with Crippen LogP contribution < -0.4 is 10.2 Å². The van der Waals surface area contributed by atoms with Crippen molar-refractivity contribution in [3.05, 3.63) is 29.3 Å². The molecule has 2 heterocycles. The third-order valence-corrected chi connectivity index (χ3v) is 3.89. The first-order valence-electron chi connectivity index (χ1n) is 6.59. The number of benzene rings is 1. The molecule has 0 aromatic heterocycles. The molecule has 92 valence electrons. The van der Waals surface area contributed by atoms with Gasteiger partial charge in [0.05, 0.1) is 0 Å². The molecule has 1 fully saturated rings. The van der Waals surface area contributed by atoms with Gasteiger partial charge in [0.15, 0.2) is 0 Å². The van der Waals surface area contributed by atoms with Crippen molar-refractivity contribution < 1.29 is 0 Å². The molecule has 0 radical (unpaired) electrons. The molecule has 0 bridgehead atoms. The van der Waals surface area contributed by atoms with Crippen LogP contribution in [0, 0.1) is 0 Å². The highest BCUT2D eigenvalue weighted by Crippen LogP contribution is 2.28. The van der Waals surface area contributed by atoms with E-state index in [1.807, 2.05) is 0 Å². The summed E-state index contributed by atoms with van der Waals surface area (Å²) in [7, 11) is 2.21. The van der Waals surface area contributed by atoms with E-state index in [1.165, 1.54) is 24.2 Å². The van der Waals surface area contributed by atoms with Gasteiger partial charge in [-0.05, 0) is 30.7 Å². The second-order valence-corrected chi connectivity index (χ2v) is 5.14. The minimum Gasteiger partial charge on any atom is -0.369 e. The van der Waals surface area contributed by atoms with Crippen molar-refractivity contribution in [2.75, 3.05) is 44.7 Å². The Bertz CT molecular complexity index is 396. The van der Waals surface area contributed by atoms with Crippen LogP contribution in [0.15, 0.2) is 18.2 Å². The zero-order chi connectivity index (χ0) is 11.7. The highest BCUT2D eigenvalue weighted by atomic mass is 15.2. The van der Waals surface area contributed by atoms with E-state index in [1.54, 1.807) is 5.56 Å². The van der Waals surface area contributed by atoms with Gasteiger partial charge in [-0.2, -0.15) is 0 Å². The van der Waals surface area contributed by atoms with Crippen molar-refractivity contribution in [1.29, 1.82) is 0 Å². The van der Waals surface area contributed by atoms with E-state index in [2.05, 4.69) is 40.4 Å². The molecule has 2 aliphatic heterocycles. The molecule has 0 saturated carbocycles. The molecule has 1 aromatic carbocycles. The van der Waals surface area contributed by atoms with Gasteiger partial charge in [-0.15, -0.1) is 0 Å². The van der Waals surface area contributed by atoms with E-state index in [0.29, 0.717) is 0 Å². The lowest BCUT2D eigenvalue weighted by Crippen LogP contribution is -2.44. The highest BCUT2D eigenvalue weighted by Gasteiger charge is 2.20. The third kappa shape index (κ3) is 2.17. The van der Waals surface area contributed by atoms with E-state index in [4.69, 9.17) is 0 Å². The first-order valence-corrected chi connectivity index (χ1v) is 6.59. The molecule has 0 unspecified atom stereocenters. The van der Waals surface area contributed by atoms with Gasteiger partial charge in [-0.1, -0.05) is 12.1 Å². The van der Waals surface area contributed by atoms with Crippen LogP contribution in [0.25, 0.3) is 0 Å². The molecular weight excluding hydrogens is 210 g/mol. The van der Waals surface area contributed by atoms with Gasteiger partial charge >= 0.3 is 0 Å². The molecule has 0 aliphatic carbocycles. The standard InChI is InChI=1S/C14H21N3/c1-16-8-5-13-12(11-16)3-2-4-14(13)17-9-6-15-7-10-17/h2-4,15H,5-11H2,1H3. The maximum Gasteiger partial charge on any atom is 0.0403 e. The SMILES string of the molecule is CN1CCc2c(cccc2N2CCNCC2)C1. The molecule has 3 nitrogen and oxygen atoms in total. The van der Waals surface area contributed by atoms with Gasteiger partial charge in [-0.3, -0.25) is 0 Å². The fourth-order valence-corrected chi connectivity index (χ4v) is 2.93. The lowest BCUT2D eigenvalue weighted by Gasteiger charge is -2.34. The monoisotopic (exact) mass is 231 g/mol. The molecule has 17 heavy (non-hydrogen) atoms. The molecule has 1 N–H and O–H groups in total. The number of nitrogens with one attached hydrogen (secondary N) is 1. The van der Waals surface area contributed by atoms with Crippen LogP contribution in [0.4, 0.5) is 5.69 Å². The predicted octanol–water partition coefficient (Wildman–Crippen LogP) is 1.08.